The molecule has 2 aromatic carbocycles. The summed E-state index contributed by atoms with van der Waals surface area (Å²) in [6.45, 7) is 13.8. The van der Waals surface area contributed by atoms with E-state index in [9.17, 15) is 33.6 Å². The van der Waals surface area contributed by atoms with Crippen LogP contribution in [0.3, 0.4) is 0 Å². The zero-order valence-corrected chi connectivity index (χ0v) is 44.3. The monoisotopic (exact) mass is 980 g/mol. The van der Waals surface area contributed by atoms with E-state index in [2.05, 4.69) is 0 Å². The molecule has 0 radical (unpaired) electrons. The molecule has 1 amide bonds. The van der Waals surface area contributed by atoms with E-state index in [0.717, 1.165) is 30.4 Å². The molecule has 1 heterocycles. The molecule has 3 rings (SSSR count). The van der Waals surface area contributed by atoms with Crippen molar-refractivity contribution in [2.75, 3.05) is 74.3 Å². The predicted octanol–water partition coefficient (Wildman–Crippen LogP) is 7.65. The second kappa shape index (κ2) is 28.0. The van der Waals surface area contributed by atoms with Crippen LogP contribution in [0.2, 0.25) is 0 Å². The van der Waals surface area contributed by atoms with Gasteiger partial charge in [-0.25, -0.2) is 0 Å². The highest BCUT2D eigenvalue weighted by Crippen LogP contribution is 2.38. The number of carbonyl (C=O) groups is 7. The molecule has 2 aromatic rings. The molecule has 0 saturated carbocycles. The van der Waals surface area contributed by atoms with Gasteiger partial charge in [-0.2, -0.15) is 0 Å². The molecule has 1 aliphatic heterocycles. The lowest BCUT2D eigenvalue weighted by Crippen LogP contribution is -2.46. The maximum Gasteiger partial charge on any atom is 0.319 e. The molecule has 70 heavy (non-hydrogen) atoms. The summed E-state index contributed by atoms with van der Waals surface area (Å²) in [6.07, 6.45) is 3.58. The van der Waals surface area contributed by atoms with Crippen molar-refractivity contribution in [2.24, 2.45) is 22.7 Å². The summed E-state index contributed by atoms with van der Waals surface area (Å²) in [5.41, 5.74) is -0.786. The van der Waals surface area contributed by atoms with Crippen LogP contribution >= 0.6 is 0 Å². The fourth-order valence-electron chi connectivity index (χ4n) is 9.44. The molecule has 0 aromatic heterocycles. The lowest BCUT2D eigenvalue weighted by atomic mass is 9.71. The van der Waals surface area contributed by atoms with E-state index in [0.29, 0.717) is 67.4 Å². The number of likely N-dealkylation sites (tertiary alicyclic amines) is 1. The minimum absolute atomic E-state index is 0.0437. The Kier molecular flexibility index (Phi) is 23.7. The number of benzene rings is 2. The fraction of sp³-hybridized carbons (Fsp3) is 0.655. The average Bonchev–Trinajstić information content (AvgIpc) is 3.52. The van der Waals surface area contributed by atoms with Gasteiger partial charge in [-0.05, 0) is 72.1 Å². The molecule has 0 bridgehead atoms. The molecule has 15 nitrogen and oxygen atoms in total. The highest BCUT2D eigenvalue weighted by atomic mass is 16.6. The van der Waals surface area contributed by atoms with Gasteiger partial charge in [0.15, 0.2) is 0 Å². The molecular formula is C55H85N3O12+2. The van der Waals surface area contributed by atoms with E-state index in [1.165, 1.54) is 13.8 Å². The minimum atomic E-state index is -1.96. The van der Waals surface area contributed by atoms with Gasteiger partial charge in [0.2, 0.25) is 5.91 Å². The number of quaternary nitrogens is 2. The Bertz CT molecular complexity index is 1930. The zero-order chi connectivity index (χ0) is 52.1. The molecule has 0 spiro atoms. The molecule has 1 aliphatic rings. The Balaban J connectivity index is 1.78. The first-order chi connectivity index (χ1) is 32.9. The number of Topliss-reactive ketones (excluding diaryl/α,β-unsaturated/α-hetero) is 1. The van der Waals surface area contributed by atoms with E-state index in [-0.39, 0.29) is 51.0 Å². The van der Waals surface area contributed by atoms with Crippen molar-refractivity contribution in [3.8, 4) is 0 Å². The number of nitrogens with zero attached hydrogens (tertiary/aromatic N) is 3. The van der Waals surface area contributed by atoms with Crippen molar-refractivity contribution in [2.45, 2.75) is 138 Å². The van der Waals surface area contributed by atoms with Gasteiger partial charge in [-0.1, -0.05) is 87.9 Å². The number of esters is 5. The van der Waals surface area contributed by atoms with Gasteiger partial charge in [0.05, 0.1) is 45.4 Å². The third-order valence-electron chi connectivity index (χ3n) is 13.7. The van der Waals surface area contributed by atoms with E-state index >= 15 is 0 Å². The van der Waals surface area contributed by atoms with E-state index in [1.54, 1.807) is 20.8 Å². The van der Waals surface area contributed by atoms with Crippen LogP contribution in [0.4, 0.5) is 0 Å². The topological polar surface area (TPSA) is 169 Å². The van der Waals surface area contributed by atoms with Crippen LogP contribution in [0.15, 0.2) is 60.7 Å². The number of ketones is 1. The van der Waals surface area contributed by atoms with Gasteiger partial charge in [-0.15, -0.1) is 0 Å². The third-order valence-corrected chi connectivity index (χ3v) is 13.7. The number of hydrogen-bond donors (Lipinski definition) is 0. The number of hydrogen-bond acceptors (Lipinski definition) is 12. The van der Waals surface area contributed by atoms with Gasteiger partial charge in [0.1, 0.15) is 69.9 Å². The Labute approximate surface area is 418 Å². The Morgan fingerprint density at radius 1 is 0.657 bits per heavy atom. The first-order valence-corrected chi connectivity index (χ1v) is 25.3. The van der Waals surface area contributed by atoms with Crippen molar-refractivity contribution in [3.05, 3.63) is 71.8 Å². The van der Waals surface area contributed by atoms with Crippen LogP contribution < -0.4 is 0 Å². The maximum atomic E-state index is 14.4. The van der Waals surface area contributed by atoms with Gasteiger partial charge in [0.25, 0.3) is 0 Å². The molecule has 1 saturated heterocycles. The molecule has 1 fully saturated rings. The van der Waals surface area contributed by atoms with Crippen LogP contribution in [0, 0.1) is 22.7 Å². The van der Waals surface area contributed by atoms with Crippen LogP contribution in [-0.2, 0) is 70.3 Å². The predicted molar refractivity (Wildman–Crippen MR) is 266 cm³/mol. The van der Waals surface area contributed by atoms with Crippen molar-refractivity contribution < 1.29 is 66.2 Å². The summed E-state index contributed by atoms with van der Waals surface area (Å²) in [5, 5.41) is 0. The Hall–Kier alpha value is -5.15. The average molecular weight is 980 g/mol. The normalized spacial score (nSPS) is 16.8. The highest BCUT2D eigenvalue weighted by molar-refractivity contribution is 6.03. The third kappa shape index (κ3) is 19.6. The zero-order valence-electron chi connectivity index (χ0n) is 44.3. The first kappa shape index (κ1) is 59.2. The molecule has 15 heteroatoms. The Morgan fingerprint density at radius 3 is 1.60 bits per heavy atom. The van der Waals surface area contributed by atoms with E-state index in [4.69, 9.17) is 23.7 Å². The second-order valence-electron chi connectivity index (χ2n) is 21.3. The van der Waals surface area contributed by atoms with Crippen molar-refractivity contribution in [1.82, 2.24) is 4.90 Å². The summed E-state index contributed by atoms with van der Waals surface area (Å²) >= 11 is 0. The van der Waals surface area contributed by atoms with Crippen LogP contribution in [0.1, 0.15) is 124 Å². The number of rotatable bonds is 30. The largest absolute Gasteiger partial charge is 0.463 e. The molecule has 5 atom stereocenters. The second-order valence-corrected chi connectivity index (χ2v) is 21.3. The summed E-state index contributed by atoms with van der Waals surface area (Å²) in [6, 6.07) is 19.7. The first-order valence-electron chi connectivity index (χ1n) is 25.3. The highest BCUT2D eigenvalue weighted by Gasteiger charge is 2.49. The van der Waals surface area contributed by atoms with Gasteiger partial charge >= 0.3 is 29.8 Å². The number of carbonyl (C=O) groups excluding carboxylic acids is 7. The van der Waals surface area contributed by atoms with Crippen LogP contribution in [-0.4, -0.2) is 142 Å². The van der Waals surface area contributed by atoms with Crippen LogP contribution in [0.25, 0.3) is 0 Å². The SMILES string of the molecule is CCC(CCC(C)(CC(C)N1CCCCCC1=O)C(=O)OCCOC(=O)C(CC(C)C(=O)OCC[N+](C)(C)Cc1ccccc1)(CC(C)C(=O)OCC[N+](C)(C)Cc1ccccc1)C(C)=O)OC(C)=O. The quantitative estimate of drug-likeness (QED) is 0.0247. The van der Waals surface area contributed by atoms with Crippen LogP contribution in [0.5, 0.6) is 0 Å². The van der Waals surface area contributed by atoms with Crippen molar-refractivity contribution in [1.29, 1.82) is 0 Å². The van der Waals surface area contributed by atoms with E-state index < -0.39 is 71.0 Å². The molecule has 0 aliphatic carbocycles. The number of likely N-dealkylation sites (N-methyl/N-ethyl adjacent to an activating group) is 2. The maximum absolute atomic E-state index is 14.4. The van der Waals surface area contributed by atoms with Gasteiger partial charge in [0, 0.05) is 37.1 Å². The van der Waals surface area contributed by atoms with Crippen molar-refractivity contribution in [3.63, 3.8) is 0 Å². The number of ether oxygens (including phenoxy) is 5. The Morgan fingerprint density at radius 2 is 1.14 bits per heavy atom. The summed E-state index contributed by atoms with van der Waals surface area (Å²) in [7, 11) is 8.15. The number of amides is 1. The lowest BCUT2D eigenvalue weighted by molar-refractivity contribution is -0.903. The molecular weight excluding hydrogens is 895 g/mol. The van der Waals surface area contributed by atoms with Gasteiger partial charge in [-0.3, -0.25) is 33.6 Å². The summed E-state index contributed by atoms with van der Waals surface area (Å²) in [4.78, 5) is 96.3. The van der Waals surface area contributed by atoms with Gasteiger partial charge < -0.3 is 37.6 Å². The molecule has 390 valence electrons. The molecule has 0 N–H and O–H groups in total. The summed E-state index contributed by atoms with van der Waals surface area (Å²) in [5.74, 6) is -5.61. The van der Waals surface area contributed by atoms with Crippen molar-refractivity contribution >= 4 is 41.5 Å². The fourth-order valence-corrected chi connectivity index (χ4v) is 9.44. The smallest absolute Gasteiger partial charge is 0.319 e. The minimum Gasteiger partial charge on any atom is -0.463 e. The summed E-state index contributed by atoms with van der Waals surface area (Å²) < 4.78 is 29.7. The lowest BCUT2D eigenvalue weighted by Gasteiger charge is -2.36. The van der Waals surface area contributed by atoms with E-state index in [1.807, 2.05) is 108 Å². The standard InChI is InChI=1S/C55H85N3O12/c1-12-48(70-45(6)60)27-28-54(7,38-43(4)56-29-21-15-20-26-49(56)61)52(64)68-34-35-69-53(65)55(44(5)59,36-41(2)50(62)66-32-30-57(8,9)39-46-22-16-13-17-23-46)37-42(3)51(63)67-33-31-58(10,11)40-47-24-18-14-19-25-47/h13-14,16-19,22-25,41-43,48H,12,15,20-21,26-40H2,1-11H3/q+2. The molecule has 5 unspecified atom stereocenters.